The van der Waals surface area contributed by atoms with Crippen LogP contribution in [0.25, 0.3) is 0 Å². The largest absolute Gasteiger partial charge is 0.366 e. The van der Waals surface area contributed by atoms with E-state index in [0.717, 1.165) is 10.7 Å². The van der Waals surface area contributed by atoms with E-state index in [-0.39, 0.29) is 5.82 Å². The first-order valence-electron chi connectivity index (χ1n) is 5.65. The molecule has 1 heterocycles. The van der Waals surface area contributed by atoms with Crippen molar-refractivity contribution in [3.05, 3.63) is 12.1 Å². The van der Waals surface area contributed by atoms with Crippen LogP contribution in [0.15, 0.2) is 12.1 Å². The van der Waals surface area contributed by atoms with Crippen molar-refractivity contribution in [2.45, 2.75) is 26.3 Å². The summed E-state index contributed by atoms with van der Waals surface area (Å²) in [5, 5.41) is 10.9. The molecule has 0 fully saturated rings. The molecule has 1 unspecified atom stereocenters. The highest BCUT2D eigenvalue weighted by atomic mass is 32.2. The van der Waals surface area contributed by atoms with Crippen LogP contribution in [0.4, 0.5) is 11.6 Å². The second kappa shape index (κ2) is 5.96. The van der Waals surface area contributed by atoms with Crippen molar-refractivity contribution < 1.29 is 8.42 Å². The minimum absolute atomic E-state index is 0.193. The van der Waals surface area contributed by atoms with Crippen LogP contribution in [0.1, 0.15) is 20.3 Å². The highest BCUT2D eigenvalue weighted by Gasteiger charge is 2.13. The third-order valence-electron chi connectivity index (χ3n) is 2.39. The van der Waals surface area contributed by atoms with Gasteiger partial charge >= 0.3 is 10.2 Å². The summed E-state index contributed by atoms with van der Waals surface area (Å²) in [6.45, 7) is 4.09. The van der Waals surface area contributed by atoms with Gasteiger partial charge in [0.15, 0.2) is 5.82 Å². The normalized spacial score (nSPS) is 13.4. The maximum Gasteiger partial charge on any atom is 0.302 e. The van der Waals surface area contributed by atoms with E-state index in [9.17, 15) is 8.42 Å². The van der Waals surface area contributed by atoms with Crippen molar-refractivity contribution in [3.63, 3.8) is 0 Å². The molecule has 0 aliphatic rings. The van der Waals surface area contributed by atoms with Gasteiger partial charge in [-0.2, -0.15) is 12.7 Å². The Labute approximate surface area is 108 Å². The minimum Gasteiger partial charge on any atom is -0.366 e. The van der Waals surface area contributed by atoms with Crippen LogP contribution in [0.5, 0.6) is 0 Å². The summed E-state index contributed by atoms with van der Waals surface area (Å²) in [4.78, 5) is 0. The van der Waals surface area contributed by atoms with Crippen LogP contribution in [0.3, 0.4) is 0 Å². The van der Waals surface area contributed by atoms with Gasteiger partial charge in [0.1, 0.15) is 5.82 Å². The minimum atomic E-state index is -3.53. The first-order valence-corrected chi connectivity index (χ1v) is 7.09. The van der Waals surface area contributed by atoms with Gasteiger partial charge in [-0.05, 0) is 25.5 Å². The van der Waals surface area contributed by atoms with Gasteiger partial charge in [0.25, 0.3) is 0 Å². The number of anilines is 2. The van der Waals surface area contributed by atoms with Gasteiger partial charge in [-0.15, -0.1) is 10.2 Å². The summed E-state index contributed by atoms with van der Waals surface area (Å²) < 4.78 is 26.5. The van der Waals surface area contributed by atoms with E-state index in [0.29, 0.717) is 11.9 Å². The first kappa shape index (κ1) is 14.7. The van der Waals surface area contributed by atoms with E-state index in [1.54, 1.807) is 12.1 Å². The van der Waals surface area contributed by atoms with Gasteiger partial charge in [0.05, 0.1) is 0 Å². The van der Waals surface area contributed by atoms with Crippen LogP contribution in [-0.2, 0) is 10.2 Å². The standard InChI is InChI=1S/C10H19N5O2S/c1-5-8(2)11-9-6-7-10(13-12-9)14-18(16,17)15(3)4/h6-8H,5H2,1-4H3,(H,11,12)(H,13,14). The molecule has 0 amide bonds. The van der Waals surface area contributed by atoms with Crippen molar-refractivity contribution in [1.82, 2.24) is 14.5 Å². The number of hydrogen-bond acceptors (Lipinski definition) is 5. The lowest BCUT2D eigenvalue weighted by atomic mass is 10.2. The van der Waals surface area contributed by atoms with Crippen molar-refractivity contribution >= 4 is 21.8 Å². The fourth-order valence-corrected chi connectivity index (χ4v) is 1.60. The molecule has 7 nitrogen and oxygen atoms in total. The molecule has 1 atom stereocenters. The molecule has 1 aromatic heterocycles. The molecule has 18 heavy (non-hydrogen) atoms. The molecule has 1 aromatic rings. The summed E-state index contributed by atoms with van der Waals surface area (Å²) in [7, 11) is -0.653. The van der Waals surface area contributed by atoms with Crippen LogP contribution in [0, 0.1) is 0 Å². The zero-order valence-corrected chi connectivity index (χ0v) is 11.8. The third kappa shape index (κ3) is 4.11. The fraction of sp³-hybridized carbons (Fsp3) is 0.600. The predicted octanol–water partition coefficient (Wildman–Crippen LogP) is 0.905. The molecule has 0 bridgehead atoms. The van der Waals surface area contributed by atoms with E-state index in [2.05, 4.69) is 27.2 Å². The second-order valence-corrected chi connectivity index (χ2v) is 6.03. The Bertz CT molecular complexity index is 472. The molecule has 0 saturated heterocycles. The Morgan fingerprint density at radius 2 is 1.83 bits per heavy atom. The Morgan fingerprint density at radius 3 is 2.28 bits per heavy atom. The molecular weight excluding hydrogens is 254 g/mol. The van der Waals surface area contributed by atoms with Crippen molar-refractivity contribution in [3.8, 4) is 0 Å². The van der Waals surface area contributed by atoms with Gasteiger partial charge in [-0.1, -0.05) is 6.92 Å². The number of hydrogen-bond donors (Lipinski definition) is 2. The lowest BCUT2D eigenvalue weighted by molar-refractivity contribution is 0.526. The maximum absolute atomic E-state index is 11.5. The second-order valence-electron chi connectivity index (χ2n) is 4.15. The molecule has 0 aliphatic heterocycles. The molecule has 102 valence electrons. The van der Waals surface area contributed by atoms with Crippen molar-refractivity contribution in [1.29, 1.82) is 0 Å². The van der Waals surface area contributed by atoms with Gasteiger partial charge in [-0.25, -0.2) is 0 Å². The molecular formula is C10H19N5O2S. The number of nitrogens with one attached hydrogen (secondary N) is 2. The topological polar surface area (TPSA) is 87.2 Å². The summed E-state index contributed by atoms with van der Waals surface area (Å²) in [5.41, 5.74) is 0. The summed E-state index contributed by atoms with van der Waals surface area (Å²) >= 11 is 0. The number of rotatable bonds is 6. The monoisotopic (exact) mass is 273 g/mol. The van der Waals surface area contributed by atoms with Crippen LogP contribution >= 0.6 is 0 Å². The highest BCUT2D eigenvalue weighted by Crippen LogP contribution is 2.10. The predicted molar refractivity (Wildman–Crippen MR) is 71.6 cm³/mol. The van der Waals surface area contributed by atoms with E-state index >= 15 is 0 Å². The Balaban J connectivity index is 2.72. The van der Waals surface area contributed by atoms with Crippen LogP contribution in [0.2, 0.25) is 0 Å². The number of aromatic nitrogens is 2. The Hall–Kier alpha value is -1.41. The SMILES string of the molecule is CCC(C)Nc1ccc(NS(=O)(=O)N(C)C)nn1. The third-order valence-corrected chi connectivity index (χ3v) is 3.81. The molecule has 0 spiro atoms. The Kier molecular flexibility index (Phi) is 4.85. The summed E-state index contributed by atoms with van der Waals surface area (Å²) in [5.74, 6) is 0.815. The highest BCUT2D eigenvalue weighted by molar-refractivity contribution is 7.90. The average Bonchev–Trinajstić information content (AvgIpc) is 2.31. The van der Waals surface area contributed by atoms with Gasteiger partial charge in [-0.3, -0.25) is 4.72 Å². The molecule has 0 aliphatic carbocycles. The van der Waals surface area contributed by atoms with E-state index in [1.165, 1.54) is 14.1 Å². The van der Waals surface area contributed by atoms with Crippen molar-refractivity contribution in [2.24, 2.45) is 0 Å². The van der Waals surface area contributed by atoms with Gasteiger partial charge < -0.3 is 5.32 Å². The Morgan fingerprint density at radius 1 is 1.28 bits per heavy atom. The van der Waals surface area contributed by atoms with Gasteiger partial charge in [0.2, 0.25) is 0 Å². The molecule has 0 radical (unpaired) electrons. The van der Waals surface area contributed by atoms with Gasteiger partial charge in [0, 0.05) is 20.1 Å². The summed E-state index contributed by atoms with van der Waals surface area (Å²) in [6.07, 6.45) is 0.969. The lowest BCUT2D eigenvalue weighted by Crippen LogP contribution is -2.29. The zero-order valence-electron chi connectivity index (χ0n) is 11.0. The van der Waals surface area contributed by atoms with Crippen LogP contribution < -0.4 is 10.0 Å². The molecule has 0 saturated carbocycles. The molecule has 8 heteroatoms. The van der Waals surface area contributed by atoms with E-state index in [4.69, 9.17) is 0 Å². The maximum atomic E-state index is 11.5. The smallest absolute Gasteiger partial charge is 0.302 e. The van der Waals surface area contributed by atoms with E-state index < -0.39 is 10.2 Å². The van der Waals surface area contributed by atoms with E-state index in [1.807, 2.05) is 6.92 Å². The fourth-order valence-electron chi connectivity index (χ4n) is 1.04. The molecule has 0 aromatic carbocycles. The molecule has 1 rings (SSSR count). The lowest BCUT2D eigenvalue weighted by Gasteiger charge is -2.13. The number of nitrogens with zero attached hydrogens (tertiary/aromatic N) is 3. The van der Waals surface area contributed by atoms with Crippen molar-refractivity contribution in [2.75, 3.05) is 24.1 Å². The average molecular weight is 273 g/mol. The quantitative estimate of drug-likeness (QED) is 0.804. The first-order chi connectivity index (χ1) is 8.35. The van der Waals surface area contributed by atoms with Crippen LogP contribution in [-0.4, -0.2) is 43.1 Å². The molecule has 2 N–H and O–H groups in total. The zero-order chi connectivity index (χ0) is 13.8. The summed E-state index contributed by atoms with van der Waals surface area (Å²) in [6, 6.07) is 3.55.